The molecule has 1 aromatic heterocycles. The molecule has 1 fully saturated rings. The lowest BCUT2D eigenvalue weighted by Crippen LogP contribution is -2.46. The number of ether oxygens (including phenoxy) is 1. The number of esters is 1. The van der Waals surface area contributed by atoms with Crippen molar-refractivity contribution in [3.8, 4) is 16.9 Å². The van der Waals surface area contributed by atoms with Crippen LogP contribution in [0, 0.1) is 18.0 Å². The van der Waals surface area contributed by atoms with Crippen LogP contribution in [0.4, 0.5) is 13.2 Å². The van der Waals surface area contributed by atoms with Gasteiger partial charge in [0, 0.05) is 12.5 Å². The first-order chi connectivity index (χ1) is 23.2. The van der Waals surface area contributed by atoms with Gasteiger partial charge in [0.25, 0.3) is 16.3 Å². The van der Waals surface area contributed by atoms with Crippen LogP contribution in [0.5, 0.6) is 0 Å². The van der Waals surface area contributed by atoms with Gasteiger partial charge >= 0.3 is 12.1 Å². The number of amides is 1. The van der Waals surface area contributed by atoms with E-state index in [1.807, 2.05) is 11.6 Å². The fourth-order valence-electron chi connectivity index (χ4n) is 4.99. The van der Waals surface area contributed by atoms with Crippen LogP contribution < -0.4 is 4.72 Å². The van der Waals surface area contributed by atoms with Gasteiger partial charge in [-0.15, -0.1) is 5.01 Å². The van der Waals surface area contributed by atoms with Gasteiger partial charge in [-0.1, -0.05) is 48.0 Å². The monoisotopic (exact) mass is 700 g/mol. The van der Waals surface area contributed by atoms with Crippen LogP contribution >= 0.6 is 0 Å². The highest BCUT2D eigenvalue weighted by Crippen LogP contribution is 2.33. The van der Waals surface area contributed by atoms with Gasteiger partial charge in [0.2, 0.25) is 11.2 Å². The van der Waals surface area contributed by atoms with Crippen LogP contribution in [-0.2, 0) is 30.6 Å². The third kappa shape index (κ3) is 8.53. The van der Waals surface area contributed by atoms with Crippen LogP contribution in [0.1, 0.15) is 41.4 Å². The van der Waals surface area contributed by atoms with Gasteiger partial charge in [-0.05, 0) is 62.2 Å². The van der Waals surface area contributed by atoms with Crippen molar-refractivity contribution in [3.05, 3.63) is 107 Å². The molecule has 2 unspecified atom stereocenters. The zero-order valence-electron chi connectivity index (χ0n) is 26.2. The summed E-state index contributed by atoms with van der Waals surface area (Å²) in [5, 5.41) is 20.8. The lowest BCUT2D eigenvalue weighted by molar-refractivity contribution is -0.715. The highest BCUT2D eigenvalue weighted by molar-refractivity contribution is 7.90. The number of sulfonamides is 1. The minimum absolute atomic E-state index is 0.101. The lowest BCUT2D eigenvalue weighted by Gasteiger charge is -2.28. The summed E-state index contributed by atoms with van der Waals surface area (Å²) in [5.74, 6) is -2.46. The SMILES string of the molecule is Cc1ccc(-c2cc(C(F)(F)F)nn2-c2ccc(S(=O)(=O)NC(=O)C3CCCN(/[N+]([O-])=N\OC(C)OC(=O)c4ccccc4)C3)cc2)cc1. The largest absolute Gasteiger partial charge is 0.569 e. The van der Waals surface area contributed by atoms with E-state index in [-0.39, 0.29) is 46.3 Å². The summed E-state index contributed by atoms with van der Waals surface area (Å²) in [7, 11) is -4.40. The molecular weight excluding hydrogens is 669 g/mol. The number of hydrogen-bond acceptors (Lipinski definition) is 9. The van der Waals surface area contributed by atoms with E-state index in [0.29, 0.717) is 12.0 Å². The molecule has 258 valence electrons. The van der Waals surface area contributed by atoms with Crippen molar-refractivity contribution < 1.29 is 45.7 Å². The molecular formula is C32H31F3N6O7S. The zero-order valence-corrected chi connectivity index (χ0v) is 27.0. The number of piperidine rings is 1. The highest BCUT2D eigenvalue weighted by Gasteiger charge is 2.36. The van der Waals surface area contributed by atoms with Crippen molar-refractivity contribution in [2.75, 3.05) is 13.1 Å². The van der Waals surface area contributed by atoms with E-state index in [0.717, 1.165) is 33.5 Å². The molecule has 1 N–H and O–H groups in total. The Labute approximate surface area is 279 Å². The number of halogens is 3. The van der Waals surface area contributed by atoms with Gasteiger partial charge in [-0.2, -0.15) is 18.3 Å². The second kappa shape index (κ2) is 14.3. The number of benzene rings is 3. The first kappa shape index (κ1) is 34.9. The average molecular weight is 701 g/mol. The molecule has 0 aliphatic carbocycles. The number of aromatic nitrogens is 2. The van der Waals surface area contributed by atoms with Crippen molar-refractivity contribution in [2.45, 2.75) is 44.1 Å². The summed E-state index contributed by atoms with van der Waals surface area (Å²) in [6.45, 7) is 3.21. The molecule has 4 aromatic rings. The summed E-state index contributed by atoms with van der Waals surface area (Å²) in [4.78, 5) is 29.9. The molecule has 1 saturated heterocycles. The van der Waals surface area contributed by atoms with Gasteiger partial charge in [0.05, 0.1) is 45.8 Å². The summed E-state index contributed by atoms with van der Waals surface area (Å²) >= 11 is 0. The minimum atomic E-state index is -4.72. The smallest absolute Gasteiger partial charge is 0.435 e. The molecule has 17 heteroatoms. The van der Waals surface area contributed by atoms with Gasteiger partial charge in [-0.3, -0.25) is 9.63 Å². The van der Waals surface area contributed by atoms with Crippen LogP contribution in [-0.4, -0.2) is 59.4 Å². The number of rotatable bonds is 10. The Morgan fingerprint density at radius 3 is 2.39 bits per heavy atom. The number of aryl methyl sites for hydroxylation is 1. The lowest BCUT2D eigenvalue weighted by atomic mass is 9.99. The maximum absolute atomic E-state index is 13.6. The number of hydrazine groups is 1. The van der Waals surface area contributed by atoms with E-state index in [1.54, 1.807) is 54.6 Å². The fraction of sp³-hybridized carbons (Fsp3) is 0.281. The predicted octanol–water partition coefficient (Wildman–Crippen LogP) is 5.40. The van der Waals surface area contributed by atoms with Crippen molar-refractivity contribution >= 4 is 21.9 Å². The van der Waals surface area contributed by atoms with Gasteiger partial charge in [-0.25, -0.2) is 22.6 Å². The second-order valence-corrected chi connectivity index (χ2v) is 12.9. The van der Waals surface area contributed by atoms with E-state index < -0.39 is 46.0 Å². The molecule has 49 heavy (non-hydrogen) atoms. The van der Waals surface area contributed by atoms with Crippen molar-refractivity contribution in [3.63, 3.8) is 0 Å². The molecule has 13 nitrogen and oxygen atoms in total. The summed E-state index contributed by atoms with van der Waals surface area (Å²) < 4.78 is 75.1. The Balaban J connectivity index is 1.23. The van der Waals surface area contributed by atoms with Crippen LogP contribution in [0.15, 0.2) is 95.1 Å². The van der Waals surface area contributed by atoms with Crippen molar-refractivity contribution in [2.24, 2.45) is 11.2 Å². The number of hydrogen-bond donors (Lipinski definition) is 1. The first-order valence-corrected chi connectivity index (χ1v) is 16.5. The zero-order chi connectivity index (χ0) is 35.3. The molecule has 1 aliphatic heterocycles. The van der Waals surface area contributed by atoms with Gasteiger partial charge in [0.1, 0.15) is 0 Å². The third-order valence-electron chi connectivity index (χ3n) is 7.53. The number of alkyl halides is 3. The van der Waals surface area contributed by atoms with E-state index in [9.17, 15) is 36.4 Å². The molecule has 3 aromatic carbocycles. The Bertz CT molecular complexity index is 1930. The standard InChI is InChI=1S/C32H31F3N6O7S/c1-21-10-12-23(13-11-21)28-19-29(32(33,34)35)36-40(28)26-14-16-27(17-15-26)49(45,46)37-30(42)25-9-6-18-39(20-25)41(44)38-48-22(2)47-31(43)24-7-4-3-5-8-24/h3-5,7-8,10-17,19,22,25H,6,9,18,20H2,1-2H3,(H,37,42)/b41-38+. The molecule has 1 aliphatic rings. The molecule has 1 amide bonds. The van der Waals surface area contributed by atoms with E-state index in [4.69, 9.17) is 9.57 Å². The van der Waals surface area contributed by atoms with Crippen LogP contribution in [0.25, 0.3) is 16.9 Å². The van der Waals surface area contributed by atoms with Crippen molar-refractivity contribution in [1.82, 2.24) is 19.5 Å². The number of carbonyl (C=O) groups excluding carboxylic acids is 2. The molecule has 0 radical (unpaired) electrons. The number of nitrogens with one attached hydrogen (secondary N) is 1. The highest BCUT2D eigenvalue weighted by atomic mass is 32.2. The van der Waals surface area contributed by atoms with Crippen LogP contribution in [0.3, 0.4) is 0 Å². The molecule has 0 bridgehead atoms. The maximum atomic E-state index is 13.6. The van der Waals surface area contributed by atoms with Gasteiger partial charge in [0.15, 0.2) is 5.69 Å². The third-order valence-corrected chi connectivity index (χ3v) is 8.90. The Morgan fingerprint density at radius 2 is 1.73 bits per heavy atom. The molecule has 5 rings (SSSR count). The van der Waals surface area contributed by atoms with Crippen LogP contribution in [0.2, 0.25) is 0 Å². The Kier molecular flexibility index (Phi) is 10.2. The number of nitrogens with zero attached hydrogens (tertiary/aromatic N) is 5. The first-order valence-electron chi connectivity index (χ1n) is 15.0. The predicted molar refractivity (Wildman–Crippen MR) is 167 cm³/mol. The number of carbonyl (C=O) groups is 2. The van der Waals surface area contributed by atoms with E-state index >= 15 is 0 Å². The molecule has 2 atom stereocenters. The normalized spacial score (nSPS) is 16.1. The summed E-state index contributed by atoms with van der Waals surface area (Å²) in [6, 6.07) is 20.7. The maximum Gasteiger partial charge on any atom is 0.435 e. The van der Waals surface area contributed by atoms with Crippen molar-refractivity contribution in [1.29, 1.82) is 0 Å². The Morgan fingerprint density at radius 1 is 1.06 bits per heavy atom. The minimum Gasteiger partial charge on any atom is -0.569 e. The molecule has 2 heterocycles. The molecule has 0 spiro atoms. The summed E-state index contributed by atoms with van der Waals surface area (Å²) in [5.41, 5.74) is 0.834. The fourth-order valence-corrected chi connectivity index (χ4v) is 6.03. The molecule has 0 saturated carbocycles. The topological polar surface area (TPSA) is 158 Å². The van der Waals surface area contributed by atoms with Gasteiger partial charge < -0.3 is 9.94 Å². The van der Waals surface area contributed by atoms with E-state index in [1.165, 1.54) is 19.1 Å². The Hall–Kier alpha value is -5.45. The van der Waals surface area contributed by atoms with E-state index in [2.05, 4.69) is 10.4 Å². The average Bonchev–Trinajstić information content (AvgIpc) is 3.54. The summed E-state index contributed by atoms with van der Waals surface area (Å²) in [6.07, 6.45) is -5.29. The second-order valence-electron chi connectivity index (χ2n) is 11.2. The quantitative estimate of drug-likeness (QED) is 0.0752.